The molecule has 20 heavy (non-hydrogen) atoms. The van der Waals surface area contributed by atoms with Gasteiger partial charge in [-0.3, -0.25) is 9.89 Å². The predicted molar refractivity (Wildman–Crippen MR) is 74.1 cm³/mol. The first kappa shape index (κ1) is 11.2. The maximum Gasteiger partial charge on any atom is 0.185 e. The lowest BCUT2D eigenvalue weighted by molar-refractivity contribution is 0.0962. The van der Waals surface area contributed by atoms with E-state index in [2.05, 4.69) is 20.5 Å². The number of rotatable bonds is 4. The molecule has 6 heteroatoms. The highest BCUT2D eigenvalue weighted by Crippen LogP contribution is 2.32. The van der Waals surface area contributed by atoms with Crippen LogP contribution in [0.1, 0.15) is 23.3 Å². The molecule has 1 aliphatic rings. The Morgan fingerprint density at radius 3 is 3.05 bits per heavy atom. The number of hydrogen-bond acceptors (Lipinski definition) is 4. The summed E-state index contributed by atoms with van der Waals surface area (Å²) in [7, 11) is 0. The molecule has 0 aliphatic heterocycles. The van der Waals surface area contributed by atoms with E-state index in [0.29, 0.717) is 11.5 Å². The van der Waals surface area contributed by atoms with Crippen LogP contribution in [0.4, 0.5) is 11.6 Å². The van der Waals surface area contributed by atoms with Crippen LogP contribution >= 0.6 is 0 Å². The van der Waals surface area contributed by atoms with Crippen LogP contribution in [0, 0.1) is 5.92 Å². The van der Waals surface area contributed by atoms with Crippen molar-refractivity contribution in [3.05, 3.63) is 42.5 Å². The summed E-state index contributed by atoms with van der Waals surface area (Å²) in [6, 6.07) is 5.70. The topological polar surface area (TPSA) is 75.1 Å². The van der Waals surface area contributed by atoms with Crippen LogP contribution in [-0.4, -0.2) is 25.4 Å². The zero-order valence-electron chi connectivity index (χ0n) is 10.7. The Balaban J connectivity index is 1.80. The van der Waals surface area contributed by atoms with Gasteiger partial charge < -0.3 is 9.72 Å². The molecule has 4 rings (SSSR count). The van der Waals surface area contributed by atoms with Gasteiger partial charge in [-0.2, -0.15) is 5.10 Å². The third-order valence-corrected chi connectivity index (χ3v) is 3.47. The van der Waals surface area contributed by atoms with Gasteiger partial charge in [-0.05, 0) is 25.0 Å². The summed E-state index contributed by atoms with van der Waals surface area (Å²) in [5.74, 6) is 1.70. The number of anilines is 2. The van der Waals surface area contributed by atoms with E-state index in [-0.39, 0.29) is 11.7 Å². The number of Topliss-reactive ketones (excluding diaryl/α,β-unsaturated/α-hetero) is 1. The zero-order valence-corrected chi connectivity index (χ0v) is 10.7. The van der Waals surface area contributed by atoms with Crippen molar-refractivity contribution in [1.29, 1.82) is 0 Å². The lowest BCUT2D eigenvalue weighted by atomic mass is 10.2. The number of hydrogen-bond donors (Lipinski definition) is 2. The van der Waals surface area contributed by atoms with Gasteiger partial charge in [-0.1, -0.05) is 0 Å². The molecule has 0 spiro atoms. The van der Waals surface area contributed by atoms with Crippen molar-refractivity contribution in [1.82, 2.24) is 19.6 Å². The third kappa shape index (κ3) is 1.85. The van der Waals surface area contributed by atoms with Crippen molar-refractivity contribution in [2.24, 2.45) is 5.92 Å². The highest BCUT2D eigenvalue weighted by molar-refractivity contribution is 5.98. The van der Waals surface area contributed by atoms with E-state index < -0.39 is 0 Å². The Morgan fingerprint density at radius 1 is 1.40 bits per heavy atom. The number of nitrogens with zero attached hydrogens (tertiary/aromatic N) is 3. The smallest absolute Gasteiger partial charge is 0.185 e. The van der Waals surface area contributed by atoms with Crippen LogP contribution in [0.3, 0.4) is 0 Å². The lowest BCUT2D eigenvalue weighted by Gasteiger charge is -2.08. The summed E-state index contributed by atoms with van der Waals surface area (Å²) in [6.45, 7) is 0. The average molecular weight is 267 g/mol. The molecule has 0 aromatic carbocycles. The summed E-state index contributed by atoms with van der Waals surface area (Å²) in [5, 5.41) is 9.89. The summed E-state index contributed by atoms with van der Waals surface area (Å²) in [5.41, 5.74) is 1.44. The molecule has 0 amide bonds. The number of H-pyrrole nitrogens is 1. The number of carbonyl (C=O) groups excluding carboxylic acids is 1. The minimum atomic E-state index is 0.133. The van der Waals surface area contributed by atoms with E-state index in [1.807, 2.05) is 28.8 Å². The molecule has 1 saturated carbocycles. The fourth-order valence-corrected chi connectivity index (χ4v) is 2.26. The molecule has 0 radical (unpaired) electrons. The lowest BCUT2D eigenvalue weighted by Crippen LogP contribution is -2.08. The van der Waals surface area contributed by atoms with Gasteiger partial charge >= 0.3 is 0 Å². The molecule has 0 unspecified atom stereocenters. The van der Waals surface area contributed by atoms with Gasteiger partial charge in [-0.15, -0.1) is 0 Å². The SMILES string of the molecule is O=C(c1cn2cccc2c(Nc2ccn[nH]2)n1)C1CC1. The van der Waals surface area contributed by atoms with Crippen LogP contribution in [0.5, 0.6) is 0 Å². The Labute approximate surface area is 114 Å². The second kappa shape index (κ2) is 4.19. The molecule has 1 fully saturated rings. The monoisotopic (exact) mass is 267 g/mol. The first-order valence-electron chi connectivity index (χ1n) is 6.59. The highest BCUT2D eigenvalue weighted by atomic mass is 16.1. The van der Waals surface area contributed by atoms with Crippen molar-refractivity contribution < 1.29 is 4.79 Å². The summed E-state index contributed by atoms with van der Waals surface area (Å²) in [4.78, 5) is 16.7. The van der Waals surface area contributed by atoms with Crippen LogP contribution < -0.4 is 5.32 Å². The molecule has 3 aromatic rings. The largest absolute Gasteiger partial charge is 0.324 e. The summed E-state index contributed by atoms with van der Waals surface area (Å²) < 4.78 is 1.92. The molecular weight excluding hydrogens is 254 g/mol. The van der Waals surface area contributed by atoms with E-state index >= 15 is 0 Å². The minimum Gasteiger partial charge on any atom is -0.324 e. The number of aromatic nitrogens is 4. The van der Waals surface area contributed by atoms with E-state index in [0.717, 1.165) is 24.2 Å². The number of carbonyl (C=O) groups is 1. The second-order valence-electron chi connectivity index (χ2n) is 5.01. The van der Waals surface area contributed by atoms with Crippen molar-refractivity contribution in [2.45, 2.75) is 12.8 Å². The Hall–Kier alpha value is -2.63. The molecule has 3 aromatic heterocycles. The fraction of sp³-hybridized carbons (Fsp3) is 0.214. The van der Waals surface area contributed by atoms with Crippen LogP contribution in [0.25, 0.3) is 5.52 Å². The van der Waals surface area contributed by atoms with Gasteiger partial charge in [0.1, 0.15) is 11.5 Å². The molecule has 0 saturated heterocycles. The summed E-state index contributed by atoms with van der Waals surface area (Å²) in [6.07, 6.45) is 7.34. The minimum absolute atomic E-state index is 0.133. The standard InChI is InChI=1S/C14H13N5O/c20-13(9-3-4-9)10-8-19-7-1-2-11(19)14(16-10)17-12-5-6-15-18-12/h1-2,5-9H,3-4H2,(H2,15,16,17,18). The van der Waals surface area contributed by atoms with E-state index in [1.54, 1.807) is 12.4 Å². The van der Waals surface area contributed by atoms with Crippen LogP contribution in [0.15, 0.2) is 36.8 Å². The van der Waals surface area contributed by atoms with E-state index in [4.69, 9.17) is 0 Å². The van der Waals surface area contributed by atoms with Gasteiger partial charge in [0.25, 0.3) is 0 Å². The number of aromatic amines is 1. The molecule has 100 valence electrons. The fourth-order valence-electron chi connectivity index (χ4n) is 2.26. The average Bonchev–Trinajstić information content (AvgIpc) is 2.97. The normalized spacial score (nSPS) is 14.6. The Bertz CT molecular complexity index is 770. The maximum atomic E-state index is 12.2. The zero-order chi connectivity index (χ0) is 13.5. The van der Waals surface area contributed by atoms with Gasteiger partial charge in [0, 0.05) is 24.4 Å². The molecule has 6 nitrogen and oxygen atoms in total. The predicted octanol–water partition coefficient (Wildman–Crippen LogP) is 2.39. The molecule has 0 atom stereocenters. The Morgan fingerprint density at radius 2 is 2.30 bits per heavy atom. The molecule has 1 aliphatic carbocycles. The second-order valence-corrected chi connectivity index (χ2v) is 5.01. The Kier molecular flexibility index (Phi) is 2.35. The highest BCUT2D eigenvalue weighted by Gasteiger charge is 2.31. The third-order valence-electron chi connectivity index (χ3n) is 3.47. The summed E-state index contributed by atoms with van der Waals surface area (Å²) >= 11 is 0. The number of ketones is 1. The van der Waals surface area contributed by atoms with E-state index in [9.17, 15) is 4.79 Å². The van der Waals surface area contributed by atoms with Gasteiger partial charge in [0.05, 0.1) is 11.7 Å². The number of nitrogens with one attached hydrogen (secondary N) is 2. The number of fused-ring (bicyclic) bond motifs is 1. The first-order chi connectivity index (χ1) is 9.81. The van der Waals surface area contributed by atoms with Crippen LogP contribution in [-0.2, 0) is 0 Å². The van der Waals surface area contributed by atoms with E-state index in [1.165, 1.54) is 0 Å². The quantitative estimate of drug-likeness (QED) is 0.712. The van der Waals surface area contributed by atoms with Crippen molar-refractivity contribution in [2.75, 3.05) is 5.32 Å². The van der Waals surface area contributed by atoms with Gasteiger partial charge in [-0.25, -0.2) is 4.98 Å². The molecule has 3 heterocycles. The van der Waals surface area contributed by atoms with Crippen molar-refractivity contribution >= 4 is 22.9 Å². The molecular formula is C14H13N5O. The first-order valence-corrected chi connectivity index (χ1v) is 6.59. The maximum absolute atomic E-state index is 12.2. The van der Waals surface area contributed by atoms with Gasteiger partial charge in [0.2, 0.25) is 0 Å². The molecule has 0 bridgehead atoms. The van der Waals surface area contributed by atoms with Crippen molar-refractivity contribution in [3.8, 4) is 0 Å². The molecule has 2 N–H and O–H groups in total. The van der Waals surface area contributed by atoms with Crippen molar-refractivity contribution in [3.63, 3.8) is 0 Å². The van der Waals surface area contributed by atoms with Crippen LogP contribution in [0.2, 0.25) is 0 Å². The van der Waals surface area contributed by atoms with Gasteiger partial charge in [0.15, 0.2) is 11.6 Å².